The monoisotopic (exact) mass is 213 g/mol. The summed E-state index contributed by atoms with van der Waals surface area (Å²) in [6, 6.07) is 1.92. The first kappa shape index (κ1) is 12.2. The highest BCUT2D eigenvalue weighted by Crippen LogP contribution is 2.11. The smallest absolute Gasteiger partial charge is 0.0700 e. The van der Waals surface area contributed by atoms with Gasteiger partial charge < -0.3 is 15.2 Å². The lowest BCUT2D eigenvalue weighted by atomic mass is 10.1. The molecule has 1 heterocycles. The molecule has 0 aliphatic carbocycles. The molecule has 86 valence electrons. The minimum atomic E-state index is -0.0138. The third-order valence-electron chi connectivity index (χ3n) is 2.24. The number of aryl methyl sites for hydroxylation is 1. The highest BCUT2D eigenvalue weighted by atomic mass is 16.5. The van der Waals surface area contributed by atoms with Gasteiger partial charge in [-0.25, -0.2) is 0 Å². The van der Waals surface area contributed by atoms with Crippen molar-refractivity contribution in [1.82, 2.24) is 9.78 Å². The van der Waals surface area contributed by atoms with Gasteiger partial charge in [0.1, 0.15) is 0 Å². The van der Waals surface area contributed by atoms with Gasteiger partial charge >= 0.3 is 0 Å². The fourth-order valence-corrected chi connectivity index (χ4v) is 1.35. The third kappa shape index (κ3) is 3.99. The van der Waals surface area contributed by atoms with Crippen molar-refractivity contribution in [3.63, 3.8) is 0 Å². The molecule has 1 aromatic heterocycles. The van der Waals surface area contributed by atoms with Crippen molar-refractivity contribution in [2.75, 3.05) is 26.9 Å². The van der Waals surface area contributed by atoms with Gasteiger partial charge in [0.15, 0.2) is 0 Å². The number of rotatable bonds is 7. The van der Waals surface area contributed by atoms with Crippen LogP contribution in [0, 0.1) is 0 Å². The molecule has 1 unspecified atom stereocenters. The second kappa shape index (κ2) is 6.55. The normalized spacial score (nSPS) is 13.0. The summed E-state index contributed by atoms with van der Waals surface area (Å²) < 4.78 is 12.0. The number of hydrogen-bond donors (Lipinski definition) is 1. The molecule has 0 aromatic carbocycles. The van der Waals surface area contributed by atoms with Gasteiger partial charge in [-0.2, -0.15) is 5.10 Å². The van der Waals surface area contributed by atoms with Gasteiger partial charge in [0, 0.05) is 33.0 Å². The minimum absolute atomic E-state index is 0.0138. The molecule has 2 N–H and O–H groups in total. The van der Waals surface area contributed by atoms with Crippen LogP contribution in [0.25, 0.3) is 0 Å². The molecule has 0 aliphatic heterocycles. The van der Waals surface area contributed by atoms with Crippen LogP contribution in [-0.2, 0) is 16.5 Å². The topological polar surface area (TPSA) is 62.3 Å². The van der Waals surface area contributed by atoms with E-state index in [4.69, 9.17) is 15.2 Å². The van der Waals surface area contributed by atoms with Crippen LogP contribution in [0.1, 0.15) is 18.2 Å². The fraction of sp³-hybridized carbons (Fsp3) is 0.700. The van der Waals surface area contributed by atoms with Crippen molar-refractivity contribution < 1.29 is 9.47 Å². The van der Waals surface area contributed by atoms with Crippen LogP contribution in [0.2, 0.25) is 0 Å². The van der Waals surface area contributed by atoms with Gasteiger partial charge in [-0.1, -0.05) is 0 Å². The first-order valence-corrected chi connectivity index (χ1v) is 5.06. The van der Waals surface area contributed by atoms with E-state index in [1.807, 2.05) is 13.1 Å². The third-order valence-corrected chi connectivity index (χ3v) is 2.24. The van der Waals surface area contributed by atoms with Crippen molar-refractivity contribution >= 4 is 0 Å². The number of ether oxygens (including phenoxy) is 2. The van der Waals surface area contributed by atoms with E-state index in [9.17, 15) is 0 Å². The molecule has 1 atom stereocenters. The molecule has 0 radical (unpaired) electrons. The molecule has 1 aromatic rings. The molecule has 0 saturated heterocycles. The van der Waals surface area contributed by atoms with Crippen LogP contribution in [0.3, 0.4) is 0 Å². The first-order chi connectivity index (χ1) is 7.25. The summed E-state index contributed by atoms with van der Waals surface area (Å²) in [6.07, 6.45) is 2.55. The van der Waals surface area contributed by atoms with Gasteiger partial charge in [0.25, 0.3) is 0 Å². The number of nitrogens with two attached hydrogens (primary N) is 1. The highest BCUT2D eigenvalue weighted by Gasteiger charge is 2.09. The summed E-state index contributed by atoms with van der Waals surface area (Å²) in [7, 11) is 3.55. The Morgan fingerprint density at radius 1 is 1.47 bits per heavy atom. The van der Waals surface area contributed by atoms with Crippen molar-refractivity contribution in [2.45, 2.75) is 12.5 Å². The number of aromatic nitrogens is 2. The lowest BCUT2D eigenvalue weighted by Crippen LogP contribution is -2.17. The molecule has 15 heavy (non-hydrogen) atoms. The second-order valence-corrected chi connectivity index (χ2v) is 3.38. The fourth-order valence-electron chi connectivity index (χ4n) is 1.35. The van der Waals surface area contributed by atoms with Gasteiger partial charge in [0.05, 0.1) is 18.9 Å². The Balaban J connectivity index is 2.19. The lowest BCUT2D eigenvalue weighted by Gasteiger charge is -2.11. The maximum Gasteiger partial charge on any atom is 0.0700 e. The van der Waals surface area contributed by atoms with E-state index in [0.29, 0.717) is 19.8 Å². The van der Waals surface area contributed by atoms with Crippen molar-refractivity contribution in [3.05, 3.63) is 18.0 Å². The van der Waals surface area contributed by atoms with Crippen LogP contribution in [0.5, 0.6) is 0 Å². The van der Waals surface area contributed by atoms with E-state index in [0.717, 1.165) is 12.1 Å². The summed E-state index contributed by atoms with van der Waals surface area (Å²) in [5, 5.41) is 4.07. The number of methoxy groups -OCH3 is 1. The second-order valence-electron chi connectivity index (χ2n) is 3.38. The summed E-state index contributed by atoms with van der Waals surface area (Å²) in [4.78, 5) is 0. The van der Waals surface area contributed by atoms with Crippen molar-refractivity contribution in [1.29, 1.82) is 0 Å². The molecule has 0 spiro atoms. The average molecular weight is 213 g/mol. The molecular formula is C10H19N3O2. The molecule has 0 fully saturated rings. The van der Waals surface area contributed by atoms with E-state index in [1.165, 1.54) is 0 Å². The Kier molecular flexibility index (Phi) is 5.31. The molecular weight excluding hydrogens is 194 g/mol. The Labute approximate surface area is 90.2 Å². The van der Waals surface area contributed by atoms with Gasteiger partial charge in [-0.15, -0.1) is 0 Å². The summed E-state index contributed by atoms with van der Waals surface area (Å²) >= 11 is 0. The lowest BCUT2D eigenvalue weighted by molar-refractivity contribution is 0.0669. The Morgan fingerprint density at radius 2 is 2.27 bits per heavy atom. The average Bonchev–Trinajstić information content (AvgIpc) is 2.64. The Hall–Kier alpha value is -0.910. The van der Waals surface area contributed by atoms with Crippen LogP contribution < -0.4 is 5.73 Å². The van der Waals surface area contributed by atoms with Crippen LogP contribution in [-0.4, -0.2) is 36.7 Å². The van der Waals surface area contributed by atoms with Crippen LogP contribution in [0.15, 0.2) is 12.3 Å². The predicted molar refractivity (Wildman–Crippen MR) is 57.4 cm³/mol. The van der Waals surface area contributed by atoms with E-state index < -0.39 is 0 Å². The van der Waals surface area contributed by atoms with E-state index >= 15 is 0 Å². The van der Waals surface area contributed by atoms with Gasteiger partial charge in [-0.3, -0.25) is 4.68 Å². The zero-order chi connectivity index (χ0) is 11.1. The van der Waals surface area contributed by atoms with Crippen LogP contribution >= 0.6 is 0 Å². The zero-order valence-corrected chi connectivity index (χ0v) is 9.35. The predicted octanol–water partition coefficient (Wildman–Crippen LogP) is 0.473. The standard InChI is InChI=1S/C10H19N3O2/c1-13-10(3-5-12-13)9(11)4-6-15-8-7-14-2/h3,5,9H,4,6-8,11H2,1-2H3. The highest BCUT2D eigenvalue weighted by molar-refractivity contribution is 5.05. The van der Waals surface area contributed by atoms with Gasteiger partial charge in [-0.05, 0) is 12.5 Å². The molecule has 0 bridgehead atoms. The minimum Gasteiger partial charge on any atom is -0.382 e. The van der Waals surface area contributed by atoms with E-state index in [1.54, 1.807) is 18.0 Å². The Bertz CT molecular complexity index is 275. The SMILES string of the molecule is COCCOCCC(N)c1ccnn1C. The van der Waals surface area contributed by atoms with E-state index in [-0.39, 0.29) is 6.04 Å². The molecule has 5 heteroatoms. The maximum atomic E-state index is 5.98. The molecule has 0 aliphatic rings. The molecule has 1 rings (SSSR count). The summed E-state index contributed by atoms with van der Waals surface area (Å²) in [6.45, 7) is 1.89. The number of hydrogen-bond acceptors (Lipinski definition) is 4. The Morgan fingerprint density at radius 3 is 2.87 bits per heavy atom. The van der Waals surface area contributed by atoms with Crippen molar-refractivity contribution in [3.8, 4) is 0 Å². The molecule has 0 amide bonds. The molecule has 0 saturated carbocycles. The quantitative estimate of drug-likeness (QED) is 0.669. The van der Waals surface area contributed by atoms with E-state index in [2.05, 4.69) is 5.10 Å². The summed E-state index contributed by atoms with van der Waals surface area (Å²) in [5.41, 5.74) is 7.02. The summed E-state index contributed by atoms with van der Waals surface area (Å²) in [5.74, 6) is 0. The van der Waals surface area contributed by atoms with Gasteiger partial charge in [0.2, 0.25) is 0 Å². The first-order valence-electron chi connectivity index (χ1n) is 5.06. The molecule has 5 nitrogen and oxygen atoms in total. The number of nitrogens with zero attached hydrogens (tertiary/aromatic N) is 2. The largest absolute Gasteiger partial charge is 0.382 e. The van der Waals surface area contributed by atoms with Crippen LogP contribution in [0.4, 0.5) is 0 Å². The maximum absolute atomic E-state index is 5.98. The van der Waals surface area contributed by atoms with Crippen molar-refractivity contribution in [2.24, 2.45) is 12.8 Å². The zero-order valence-electron chi connectivity index (χ0n) is 9.35.